The molecular weight excluding hydrogens is 490 g/mol. The van der Waals surface area contributed by atoms with Gasteiger partial charge in [0.25, 0.3) is 0 Å². The van der Waals surface area contributed by atoms with Gasteiger partial charge in [0.1, 0.15) is 11.6 Å². The second-order valence-electron chi connectivity index (χ2n) is 11.9. The predicted octanol–water partition coefficient (Wildman–Crippen LogP) is 7.60. The van der Waals surface area contributed by atoms with Crippen molar-refractivity contribution < 1.29 is 5.11 Å². The molecule has 3 aliphatic rings. The normalized spacial score (nSPS) is 17.5. The fourth-order valence-corrected chi connectivity index (χ4v) is 7.04. The zero-order valence-corrected chi connectivity index (χ0v) is 23.6. The van der Waals surface area contributed by atoms with Crippen molar-refractivity contribution in [2.24, 2.45) is 0 Å². The number of unbranched alkanes of at least 4 members (excludes halogenated alkanes) is 1. The number of hydrogen-bond donors (Lipinski definition) is 1. The Kier molecular flexibility index (Phi) is 6.81. The summed E-state index contributed by atoms with van der Waals surface area (Å²) in [4.78, 5) is 9.84. The van der Waals surface area contributed by atoms with Crippen LogP contribution in [0.3, 0.4) is 0 Å². The second kappa shape index (κ2) is 10.7. The number of hydrogen-bond acceptors (Lipinski definition) is 4. The summed E-state index contributed by atoms with van der Waals surface area (Å²) in [5.41, 5.74) is 10.1. The van der Waals surface area contributed by atoms with E-state index in [-0.39, 0.29) is 0 Å². The highest BCUT2D eigenvalue weighted by molar-refractivity contribution is 5.94. The Morgan fingerprint density at radius 2 is 1.73 bits per heavy atom. The van der Waals surface area contributed by atoms with Crippen molar-refractivity contribution in [3.8, 4) is 5.75 Å². The Morgan fingerprint density at radius 1 is 0.850 bits per heavy atom. The summed E-state index contributed by atoms with van der Waals surface area (Å²) in [6.45, 7) is 7.68. The van der Waals surface area contributed by atoms with Crippen LogP contribution in [0.4, 0.5) is 5.82 Å². The number of aromatic nitrogens is 1. The molecule has 0 atom stereocenters. The summed E-state index contributed by atoms with van der Waals surface area (Å²) in [6.07, 6.45) is 13.2. The van der Waals surface area contributed by atoms with E-state index in [1.807, 2.05) is 6.07 Å². The number of anilines is 1. The third-order valence-corrected chi connectivity index (χ3v) is 9.36. The van der Waals surface area contributed by atoms with E-state index < -0.39 is 0 Å². The molecule has 4 aromatic rings. The first-order valence-electron chi connectivity index (χ1n) is 15.1. The maximum atomic E-state index is 9.71. The lowest BCUT2D eigenvalue weighted by Gasteiger charge is -2.35. The number of phenolic OH excluding ortho intramolecular Hbond substituents is 1. The van der Waals surface area contributed by atoms with Crippen LogP contribution in [0.15, 0.2) is 72.3 Å². The van der Waals surface area contributed by atoms with Crippen LogP contribution >= 0.6 is 0 Å². The molecule has 1 saturated heterocycles. The van der Waals surface area contributed by atoms with E-state index in [9.17, 15) is 5.11 Å². The van der Waals surface area contributed by atoms with Crippen molar-refractivity contribution in [2.75, 3.05) is 37.6 Å². The molecule has 0 spiro atoms. The first kappa shape index (κ1) is 25.3. The summed E-state index contributed by atoms with van der Waals surface area (Å²) in [5.74, 6) is 1.33. The van der Waals surface area contributed by atoms with Gasteiger partial charge in [-0.3, -0.25) is 4.90 Å². The van der Waals surface area contributed by atoms with Gasteiger partial charge in [0.15, 0.2) is 0 Å². The summed E-state index contributed by atoms with van der Waals surface area (Å²) in [6, 6.07) is 19.2. The monoisotopic (exact) mass is 529 g/mol. The molecule has 7 rings (SSSR count). The smallest absolute Gasteiger partial charge is 0.129 e. The van der Waals surface area contributed by atoms with E-state index in [4.69, 9.17) is 4.98 Å². The Hall–Kier alpha value is -3.63. The van der Waals surface area contributed by atoms with Crippen molar-refractivity contribution in [3.05, 3.63) is 94.6 Å². The topological polar surface area (TPSA) is 39.6 Å². The van der Waals surface area contributed by atoms with Gasteiger partial charge < -0.3 is 10.0 Å². The average Bonchev–Trinajstić information content (AvgIpc) is 2.99. The van der Waals surface area contributed by atoms with Gasteiger partial charge in [-0.15, -0.1) is 0 Å². The van der Waals surface area contributed by atoms with Gasteiger partial charge in [-0.25, -0.2) is 4.98 Å². The molecule has 1 fully saturated rings. The van der Waals surface area contributed by atoms with Gasteiger partial charge >= 0.3 is 0 Å². The molecule has 0 saturated carbocycles. The lowest BCUT2D eigenvalue weighted by molar-refractivity contribution is 0.252. The summed E-state index contributed by atoms with van der Waals surface area (Å²) in [7, 11) is 0. The minimum Gasteiger partial charge on any atom is -0.508 e. The fourth-order valence-electron chi connectivity index (χ4n) is 7.04. The zero-order chi connectivity index (χ0) is 27.1. The first-order valence-corrected chi connectivity index (χ1v) is 15.1. The number of fused-ring (bicyclic) bond motifs is 5. The largest absolute Gasteiger partial charge is 0.508 e. The molecule has 1 N–H and O–H groups in total. The highest BCUT2D eigenvalue weighted by atomic mass is 16.3. The third kappa shape index (κ3) is 4.90. The number of aryl methyl sites for hydroxylation is 3. The molecule has 40 heavy (non-hydrogen) atoms. The van der Waals surface area contributed by atoms with Gasteiger partial charge in [0.2, 0.25) is 0 Å². The number of phenols is 1. The summed E-state index contributed by atoms with van der Waals surface area (Å²) < 4.78 is 0. The van der Waals surface area contributed by atoms with E-state index in [1.54, 1.807) is 23.3 Å². The second-order valence-corrected chi connectivity index (χ2v) is 11.9. The van der Waals surface area contributed by atoms with Crippen LogP contribution in [-0.4, -0.2) is 47.7 Å². The molecule has 0 amide bonds. The molecule has 1 aliphatic heterocycles. The van der Waals surface area contributed by atoms with Crippen LogP contribution in [-0.2, 0) is 12.8 Å². The van der Waals surface area contributed by atoms with Crippen molar-refractivity contribution in [1.29, 1.82) is 0 Å². The van der Waals surface area contributed by atoms with Crippen molar-refractivity contribution in [3.63, 3.8) is 0 Å². The van der Waals surface area contributed by atoms with Crippen LogP contribution in [0.2, 0.25) is 0 Å². The van der Waals surface area contributed by atoms with E-state index in [1.165, 1.54) is 78.1 Å². The van der Waals surface area contributed by atoms with E-state index in [0.717, 1.165) is 49.3 Å². The molecule has 4 heteroatoms. The number of rotatable bonds is 6. The van der Waals surface area contributed by atoms with Gasteiger partial charge in [0.05, 0.1) is 5.52 Å². The number of nitrogens with zero attached hydrogens (tertiary/aromatic N) is 3. The summed E-state index contributed by atoms with van der Waals surface area (Å²) in [5, 5.41) is 13.6. The number of piperazine rings is 1. The van der Waals surface area contributed by atoms with Crippen molar-refractivity contribution >= 4 is 33.1 Å². The first-order chi connectivity index (χ1) is 19.6. The quantitative estimate of drug-likeness (QED) is 0.261. The van der Waals surface area contributed by atoms with Gasteiger partial charge in [0, 0.05) is 31.6 Å². The van der Waals surface area contributed by atoms with E-state index in [2.05, 4.69) is 65.3 Å². The Bertz CT molecular complexity index is 1640. The minimum absolute atomic E-state index is 0.290. The fraction of sp³-hybridized carbons (Fsp3) is 0.361. The molecule has 2 heterocycles. The molecule has 1 aromatic heterocycles. The lowest BCUT2D eigenvalue weighted by atomic mass is 9.79. The predicted molar refractivity (Wildman–Crippen MR) is 167 cm³/mol. The van der Waals surface area contributed by atoms with Crippen molar-refractivity contribution in [2.45, 2.75) is 51.9 Å². The maximum absolute atomic E-state index is 9.71. The summed E-state index contributed by atoms with van der Waals surface area (Å²) >= 11 is 0. The Balaban J connectivity index is 0.939. The Labute approximate surface area is 237 Å². The van der Waals surface area contributed by atoms with E-state index in [0.29, 0.717) is 5.75 Å². The van der Waals surface area contributed by atoms with Crippen molar-refractivity contribution in [1.82, 2.24) is 9.88 Å². The molecule has 204 valence electrons. The Morgan fingerprint density at radius 3 is 2.62 bits per heavy atom. The number of allylic oxidation sites excluding steroid dienone is 4. The van der Waals surface area contributed by atoms with Crippen LogP contribution in [0, 0.1) is 6.92 Å². The molecule has 3 aromatic carbocycles. The minimum atomic E-state index is 0.290. The van der Waals surface area contributed by atoms with Gasteiger partial charge in [-0.1, -0.05) is 42.0 Å². The molecule has 4 nitrogen and oxygen atoms in total. The number of pyridine rings is 1. The van der Waals surface area contributed by atoms with Crippen LogP contribution < -0.4 is 4.90 Å². The van der Waals surface area contributed by atoms with Crippen LogP contribution in [0.25, 0.3) is 27.2 Å². The lowest BCUT2D eigenvalue weighted by Crippen LogP contribution is -2.46. The number of benzene rings is 3. The molecule has 0 unspecified atom stereocenters. The highest BCUT2D eigenvalue weighted by Gasteiger charge is 2.21. The van der Waals surface area contributed by atoms with Crippen LogP contribution in [0.5, 0.6) is 5.75 Å². The maximum Gasteiger partial charge on any atom is 0.129 e. The SMILES string of the molecule is Cc1cc2c3c(ccc2cc1CCCCN1CCN(c2ccc4cc(O)ccc4n2)CC1)C1=C(CCC=C1)CC3. The highest BCUT2D eigenvalue weighted by Crippen LogP contribution is 2.40. The van der Waals surface area contributed by atoms with Crippen LogP contribution in [0.1, 0.15) is 54.4 Å². The van der Waals surface area contributed by atoms with Gasteiger partial charge in [-0.2, -0.15) is 0 Å². The van der Waals surface area contributed by atoms with E-state index >= 15 is 0 Å². The van der Waals surface area contributed by atoms with Gasteiger partial charge in [-0.05, 0) is 127 Å². The molecule has 0 bridgehead atoms. The average molecular weight is 530 g/mol. The number of aromatic hydroxyl groups is 1. The standard InChI is InChI=1S/C36H39N3O/c1-25-22-34-28(10-14-32-31-8-3-2-6-26(31)9-13-33(32)34)23-27(25)7-4-5-17-38-18-20-39(21-19-38)36-16-11-29-24-30(40)12-15-35(29)37-36/h3,8,10-12,14-16,22-24,40H,2,4-7,9,13,17-21H2,1H3. The zero-order valence-electron chi connectivity index (χ0n) is 23.6. The molecular formula is C36H39N3O. The third-order valence-electron chi connectivity index (χ3n) is 9.36. The molecule has 2 aliphatic carbocycles. The molecule has 0 radical (unpaired) electrons.